The van der Waals surface area contributed by atoms with Crippen LogP contribution in [0.15, 0.2) is 43.0 Å². The molecular weight excluding hydrogens is 296 g/mol. The molecule has 1 N–H and O–H groups in total. The summed E-state index contributed by atoms with van der Waals surface area (Å²) in [4.78, 5) is 6.71. The van der Waals surface area contributed by atoms with Gasteiger partial charge < -0.3 is 9.88 Å². The van der Waals surface area contributed by atoms with Crippen LogP contribution < -0.4 is 5.32 Å². The van der Waals surface area contributed by atoms with Crippen LogP contribution in [-0.2, 0) is 6.54 Å². The van der Waals surface area contributed by atoms with Crippen molar-refractivity contribution in [3.63, 3.8) is 0 Å². The van der Waals surface area contributed by atoms with Crippen molar-refractivity contribution in [3.8, 4) is 5.69 Å². The van der Waals surface area contributed by atoms with Crippen LogP contribution in [0, 0.1) is 0 Å². The molecule has 120 valence electrons. The van der Waals surface area contributed by atoms with Crippen LogP contribution in [-0.4, -0.2) is 40.1 Å². The lowest BCUT2D eigenvalue weighted by Crippen LogP contribution is -2.36. The van der Waals surface area contributed by atoms with Crippen LogP contribution in [0.25, 0.3) is 5.69 Å². The van der Waals surface area contributed by atoms with Crippen LogP contribution in [0.3, 0.4) is 0 Å². The largest absolute Gasteiger partial charge is 0.315 e. The van der Waals surface area contributed by atoms with Crippen LogP contribution in [0.1, 0.15) is 25.3 Å². The maximum atomic E-state index is 4.09. The third kappa shape index (κ3) is 4.09. The zero-order valence-corrected chi connectivity index (χ0v) is 13.9. The number of hydrogen-bond acceptors (Lipinski definition) is 3. The molecule has 1 aliphatic heterocycles. The van der Waals surface area contributed by atoms with Gasteiger partial charge in [0.05, 0.1) is 6.33 Å². The van der Waals surface area contributed by atoms with Gasteiger partial charge in [-0.15, -0.1) is 12.4 Å². The SMILES string of the molecule is CCCN(Cc1ccc(-n2ccnc2)cc1)C1CCNC1.Cl. The number of rotatable bonds is 6. The molecular formula is C17H25ClN4. The van der Waals surface area contributed by atoms with Crippen molar-refractivity contribution < 1.29 is 0 Å². The Morgan fingerprint density at radius 2 is 2.14 bits per heavy atom. The normalized spacial score (nSPS) is 17.6. The average Bonchev–Trinajstić information content (AvgIpc) is 3.21. The average molecular weight is 321 g/mol. The topological polar surface area (TPSA) is 33.1 Å². The first-order valence-electron chi connectivity index (χ1n) is 7.89. The van der Waals surface area contributed by atoms with Crippen molar-refractivity contribution in [3.05, 3.63) is 48.5 Å². The molecule has 0 spiro atoms. The second kappa shape index (κ2) is 8.32. The molecule has 0 saturated carbocycles. The van der Waals surface area contributed by atoms with Crippen molar-refractivity contribution >= 4 is 12.4 Å². The quantitative estimate of drug-likeness (QED) is 0.888. The molecule has 1 unspecified atom stereocenters. The smallest absolute Gasteiger partial charge is 0.0991 e. The second-order valence-electron chi connectivity index (χ2n) is 5.75. The highest BCUT2D eigenvalue weighted by Gasteiger charge is 2.21. The highest BCUT2D eigenvalue weighted by atomic mass is 35.5. The van der Waals surface area contributed by atoms with E-state index in [-0.39, 0.29) is 12.4 Å². The lowest BCUT2D eigenvalue weighted by molar-refractivity contribution is 0.199. The predicted molar refractivity (Wildman–Crippen MR) is 92.8 cm³/mol. The molecule has 0 bridgehead atoms. The van der Waals surface area contributed by atoms with Crippen molar-refractivity contribution in [2.24, 2.45) is 0 Å². The molecule has 0 aliphatic carbocycles. The van der Waals surface area contributed by atoms with E-state index in [4.69, 9.17) is 0 Å². The molecule has 3 rings (SSSR count). The minimum absolute atomic E-state index is 0. The monoisotopic (exact) mass is 320 g/mol. The van der Waals surface area contributed by atoms with E-state index in [0.717, 1.165) is 19.6 Å². The minimum Gasteiger partial charge on any atom is -0.315 e. The van der Waals surface area contributed by atoms with E-state index < -0.39 is 0 Å². The molecule has 1 aromatic heterocycles. The first-order valence-corrected chi connectivity index (χ1v) is 7.89. The van der Waals surface area contributed by atoms with Gasteiger partial charge in [0.25, 0.3) is 0 Å². The van der Waals surface area contributed by atoms with Gasteiger partial charge in [-0.05, 0) is 43.6 Å². The molecule has 0 radical (unpaired) electrons. The van der Waals surface area contributed by atoms with Gasteiger partial charge in [0.1, 0.15) is 0 Å². The maximum absolute atomic E-state index is 4.09. The van der Waals surface area contributed by atoms with E-state index in [1.165, 1.54) is 30.6 Å². The molecule has 1 aliphatic rings. The molecule has 2 heterocycles. The summed E-state index contributed by atoms with van der Waals surface area (Å²) in [5.74, 6) is 0. The van der Waals surface area contributed by atoms with Crippen LogP contribution in [0.4, 0.5) is 0 Å². The van der Waals surface area contributed by atoms with Gasteiger partial charge >= 0.3 is 0 Å². The fraction of sp³-hybridized carbons (Fsp3) is 0.471. The molecule has 0 amide bonds. The van der Waals surface area contributed by atoms with Crippen molar-refractivity contribution in [2.45, 2.75) is 32.4 Å². The lowest BCUT2D eigenvalue weighted by atomic mass is 10.1. The van der Waals surface area contributed by atoms with Gasteiger partial charge in [0.15, 0.2) is 0 Å². The van der Waals surface area contributed by atoms with E-state index in [1.54, 1.807) is 0 Å². The summed E-state index contributed by atoms with van der Waals surface area (Å²) in [6.07, 6.45) is 8.10. The second-order valence-corrected chi connectivity index (χ2v) is 5.75. The molecule has 1 atom stereocenters. The number of hydrogen-bond donors (Lipinski definition) is 1. The summed E-state index contributed by atoms with van der Waals surface area (Å²) in [6, 6.07) is 9.52. The van der Waals surface area contributed by atoms with Crippen molar-refractivity contribution in [2.75, 3.05) is 19.6 Å². The van der Waals surface area contributed by atoms with Gasteiger partial charge in [0, 0.05) is 37.2 Å². The van der Waals surface area contributed by atoms with Gasteiger partial charge in [-0.1, -0.05) is 19.1 Å². The molecule has 22 heavy (non-hydrogen) atoms. The number of nitrogens with one attached hydrogen (secondary N) is 1. The van der Waals surface area contributed by atoms with Crippen LogP contribution >= 0.6 is 12.4 Å². The highest BCUT2D eigenvalue weighted by Crippen LogP contribution is 2.16. The summed E-state index contributed by atoms with van der Waals surface area (Å²) < 4.78 is 2.04. The first kappa shape index (κ1) is 17.0. The van der Waals surface area contributed by atoms with Crippen molar-refractivity contribution in [1.29, 1.82) is 0 Å². The summed E-state index contributed by atoms with van der Waals surface area (Å²) >= 11 is 0. The van der Waals surface area contributed by atoms with E-state index in [2.05, 4.69) is 46.4 Å². The Bertz CT molecular complexity index is 532. The highest BCUT2D eigenvalue weighted by molar-refractivity contribution is 5.85. The summed E-state index contributed by atoms with van der Waals surface area (Å²) in [5.41, 5.74) is 2.56. The molecule has 4 nitrogen and oxygen atoms in total. The number of aromatic nitrogens is 2. The number of nitrogens with zero attached hydrogens (tertiary/aromatic N) is 3. The van der Waals surface area contributed by atoms with E-state index in [0.29, 0.717) is 6.04 Å². The van der Waals surface area contributed by atoms with E-state index in [1.807, 2.05) is 23.3 Å². The lowest BCUT2D eigenvalue weighted by Gasteiger charge is -2.28. The Balaban J connectivity index is 0.00000176. The van der Waals surface area contributed by atoms with Crippen LogP contribution in [0.2, 0.25) is 0 Å². The zero-order chi connectivity index (χ0) is 14.5. The Kier molecular flexibility index (Phi) is 6.43. The Labute approximate surface area is 139 Å². The first-order chi connectivity index (χ1) is 10.4. The summed E-state index contributed by atoms with van der Waals surface area (Å²) in [5, 5.41) is 3.47. The standard InChI is InChI=1S/C17H24N4.ClH/c1-2-10-20(17-7-8-18-12-17)13-15-3-5-16(6-4-15)21-11-9-19-14-21;/h3-6,9,11,14,17-18H,2,7-8,10,12-13H2,1H3;1H. The molecule has 1 saturated heterocycles. The van der Waals surface area contributed by atoms with E-state index >= 15 is 0 Å². The summed E-state index contributed by atoms with van der Waals surface area (Å²) in [7, 11) is 0. The predicted octanol–water partition coefficient (Wildman–Crippen LogP) is 2.87. The summed E-state index contributed by atoms with van der Waals surface area (Å²) in [6.45, 7) is 6.77. The van der Waals surface area contributed by atoms with Gasteiger partial charge in [-0.3, -0.25) is 4.90 Å². The maximum Gasteiger partial charge on any atom is 0.0991 e. The molecule has 2 aromatic rings. The van der Waals surface area contributed by atoms with Crippen molar-refractivity contribution in [1.82, 2.24) is 19.8 Å². The molecule has 1 fully saturated rings. The number of benzene rings is 1. The van der Waals surface area contributed by atoms with Gasteiger partial charge in [0.2, 0.25) is 0 Å². The Hall–Kier alpha value is -1.36. The minimum atomic E-state index is 0. The third-order valence-corrected chi connectivity index (χ3v) is 4.19. The van der Waals surface area contributed by atoms with Gasteiger partial charge in [-0.25, -0.2) is 4.98 Å². The van der Waals surface area contributed by atoms with Gasteiger partial charge in [-0.2, -0.15) is 0 Å². The van der Waals surface area contributed by atoms with Crippen LogP contribution in [0.5, 0.6) is 0 Å². The fourth-order valence-corrected chi connectivity index (χ4v) is 3.05. The number of halogens is 1. The Morgan fingerprint density at radius 1 is 1.32 bits per heavy atom. The third-order valence-electron chi connectivity index (χ3n) is 4.19. The molecule has 1 aromatic carbocycles. The zero-order valence-electron chi connectivity index (χ0n) is 13.1. The van der Waals surface area contributed by atoms with E-state index in [9.17, 15) is 0 Å². The molecule has 5 heteroatoms. The fourth-order valence-electron chi connectivity index (χ4n) is 3.05. The number of imidazole rings is 1. The Morgan fingerprint density at radius 3 is 2.73 bits per heavy atom.